The van der Waals surface area contributed by atoms with Gasteiger partial charge in [-0.25, -0.2) is 4.68 Å². The predicted molar refractivity (Wildman–Crippen MR) is 79.9 cm³/mol. The van der Waals surface area contributed by atoms with Gasteiger partial charge in [0.2, 0.25) is 5.16 Å². The number of aliphatic hydroxyl groups excluding tert-OH is 1. The number of aromatic nitrogens is 6. The number of tetrazole rings is 1. The molecule has 3 rings (SSSR count). The molecule has 0 spiro atoms. The van der Waals surface area contributed by atoms with Crippen molar-refractivity contribution in [2.24, 2.45) is 0 Å². The molecule has 2 aromatic heterocycles. The van der Waals surface area contributed by atoms with Crippen molar-refractivity contribution < 1.29 is 5.11 Å². The van der Waals surface area contributed by atoms with Gasteiger partial charge in [0, 0.05) is 17.7 Å². The summed E-state index contributed by atoms with van der Waals surface area (Å²) in [7, 11) is 0. The van der Waals surface area contributed by atoms with E-state index in [1.54, 1.807) is 4.68 Å². The Balaban J connectivity index is 1.83. The number of rotatable bonds is 6. The Morgan fingerprint density at radius 2 is 2.10 bits per heavy atom. The van der Waals surface area contributed by atoms with Crippen LogP contribution in [0.25, 0.3) is 10.9 Å². The van der Waals surface area contributed by atoms with Gasteiger partial charge in [-0.15, -0.1) is 5.10 Å². The van der Waals surface area contributed by atoms with Crippen molar-refractivity contribution in [2.75, 3.05) is 6.61 Å². The number of para-hydroxylation sites is 1. The van der Waals surface area contributed by atoms with Crippen LogP contribution in [-0.4, -0.2) is 41.7 Å². The molecule has 0 atom stereocenters. The van der Waals surface area contributed by atoms with E-state index in [1.165, 1.54) is 11.8 Å². The van der Waals surface area contributed by atoms with Gasteiger partial charge in [0.15, 0.2) is 0 Å². The highest BCUT2D eigenvalue weighted by atomic mass is 32.2. The highest BCUT2D eigenvalue weighted by molar-refractivity contribution is 7.98. The number of benzene rings is 1. The molecule has 0 aliphatic heterocycles. The summed E-state index contributed by atoms with van der Waals surface area (Å²) in [4.78, 5) is 0. The molecule has 0 aliphatic carbocycles. The zero-order chi connectivity index (χ0) is 14.7. The largest absolute Gasteiger partial charge is 0.394 e. The van der Waals surface area contributed by atoms with Gasteiger partial charge in [0.05, 0.1) is 24.4 Å². The van der Waals surface area contributed by atoms with Crippen molar-refractivity contribution >= 4 is 22.7 Å². The molecule has 0 radical (unpaired) electrons. The second-order valence-electron chi connectivity index (χ2n) is 4.48. The third-order valence-electron chi connectivity index (χ3n) is 3.18. The zero-order valence-electron chi connectivity index (χ0n) is 11.7. The summed E-state index contributed by atoms with van der Waals surface area (Å²) in [5.41, 5.74) is 2.17. The lowest BCUT2D eigenvalue weighted by Gasteiger charge is -2.00. The summed E-state index contributed by atoms with van der Waals surface area (Å²) in [6, 6.07) is 8.21. The number of aryl methyl sites for hydroxylation is 1. The van der Waals surface area contributed by atoms with Crippen molar-refractivity contribution in [1.82, 2.24) is 30.0 Å². The molecular formula is C13H16N6OS. The maximum absolute atomic E-state index is 8.98. The molecule has 0 aliphatic rings. The molecule has 1 N–H and O–H groups in total. The van der Waals surface area contributed by atoms with E-state index in [2.05, 4.69) is 39.7 Å². The first-order chi connectivity index (χ1) is 10.3. The van der Waals surface area contributed by atoms with Crippen LogP contribution >= 0.6 is 11.8 Å². The van der Waals surface area contributed by atoms with Crippen LogP contribution in [0.3, 0.4) is 0 Å². The van der Waals surface area contributed by atoms with E-state index in [0.717, 1.165) is 23.1 Å². The van der Waals surface area contributed by atoms with Crippen molar-refractivity contribution in [3.63, 3.8) is 0 Å². The minimum atomic E-state index is 0.0198. The summed E-state index contributed by atoms with van der Waals surface area (Å²) in [5.74, 6) is 0.694. The third kappa shape index (κ3) is 2.77. The van der Waals surface area contributed by atoms with E-state index >= 15 is 0 Å². The fourth-order valence-electron chi connectivity index (χ4n) is 2.21. The molecule has 1 aromatic carbocycles. The number of thioether (sulfide) groups is 1. The Morgan fingerprint density at radius 1 is 1.24 bits per heavy atom. The molecule has 0 unspecified atom stereocenters. The Morgan fingerprint density at radius 3 is 2.90 bits per heavy atom. The summed E-state index contributed by atoms with van der Waals surface area (Å²) < 4.78 is 3.60. The molecule has 3 aromatic rings. The van der Waals surface area contributed by atoms with Crippen molar-refractivity contribution in [3.05, 3.63) is 30.0 Å². The highest BCUT2D eigenvalue weighted by Gasteiger charge is 2.12. The van der Waals surface area contributed by atoms with Crippen molar-refractivity contribution in [1.29, 1.82) is 0 Å². The summed E-state index contributed by atoms with van der Waals surface area (Å²) in [6.07, 6.45) is 0. The van der Waals surface area contributed by atoms with Crippen LogP contribution in [0.5, 0.6) is 0 Å². The molecule has 0 bridgehead atoms. The average molecular weight is 304 g/mol. The van der Waals surface area contributed by atoms with E-state index in [-0.39, 0.29) is 6.61 Å². The van der Waals surface area contributed by atoms with Gasteiger partial charge in [0.25, 0.3) is 0 Å². The molecular weight excluding hydrogens is 288 g/mol. The summed E-state index contributed by atoms with van der Waals surface area (Å²) in [5, 5.41) is 27.0. The van der Waals surface area contributed by atoms with Crippen LogP contribution < -0.4 is 0 Å². The van der Waals surface area contributed by atoms with Crippen molar-refractivity contribution in [3.8, 4) is 0 Å². The Bertz CT molecular complexity index is 737. The normalized spacial score (nSPS) is 11.3. The van der Waals surface area contributed by atoms with Gasteiger partial charge in [-0.3, -0.25) is 4.68 Å². The van der Waals surface area contributed by atoms with Crippen LogP contribution in [-0.2, 0) is 18.8 Å². The van der Waals surface area contributed by atoms with E-state index in [9.17, 15) is 0 Å². The van der Waals surface area contributed by atoms with Crippen LogP contribution in [0.2, 0.25) is 0 Å². The minimum Gasteiger partial charge on any atom is -0.394 e. The number of hydrogen-bond donors (Lipinski definition) is 1. The lowest BCUT2D eigenvalue weighted by atomic mass is 10.2. The molecule has 0 saturated carbocycles. The second kappa shape index (κ2) is 6.23. The van der Waals surface area contributed by atoms with Gasteiger partial charge in [0.1, 0.15) is 0 Å². The SMILES string of the molecule is CCn1nc(CSc2nnnn2CCO)c2ccccc21. The second-order valence-corrected chi connectivity index (χ2v) is 5.42. The smallest absolute Gasteiger partial charge is 0.209 e. The first kappa shape index (κ1) is 14.0. The summed E-state index contributed by atoms with van der Waals surface area (Å²) in [6.45, 7) is 3.34. The molecule has 8 heteroatoms. The third-order valence-corrected chi connectivity index (χ3v) is 4.15. The summed E-state index contributed by atoms with van der Waals surface area (Å²) >= 11 is 1.53. The number of hydrogen-bond acceptors (Lipinski definition) is 6. The molecule has 0 amide bonds. The molecule has 21 heavy (non-hydrogen) atoms. The van der Waals surface area contributed by atoms with Crippen LogP contribution in [0, 0.1) is 0 Å². The predicted octanol–water partition coefficient (Wildman–Crippen LogP) is 1.33. The fourth-order valence-corrected chi connectivity index (χ4v) is 3.06. The topological polar surface area (TPSA) is 81.7 Å². The van der Waals surface area contributed by atoms with Crippen LogP contribution in [0.1, 0.15) is 12.6 Å². The van der Waals surface area contributed by atoms with Gasteiger partial charge >= 0.3 is 0 Å². The molecule has 0 saturated heterocycles. The average Bonchev–Trinajstić information content (AvgIpc) is 3.10. The Labute approximate surface area is 126 Å². The Hall–Kier alpha value is -1.93. The highest BCUT2D eigenvalue weighted by Crippen LogP contribution is 2.25. The number of aliphatic hydroxyl groups is 1. The standard InChI is InChI=1S/C13H16N6OS/c1-2-18-12-6-4-3-5-10(12)11(15-18)9-21-13-14-16-17-19(13)7-8-20/h3-6,20H,2,7-9H2,1H3. The lowest BCUT2D eigenvalue weighted by molar-refractivity contribution is 0.262. The van der Waals surface area contributed by atoms with Gasteiger partial charge in [-0.2, -0.15) is 5.10 Å². The maximum atomic E-state index is 8.98. The maximum Gasteiger partial charge on any atom is 0.209 e. The van der Waals surface area contributed by atoms with E-state index in [4.69, 9.17) is 5.11 Å². The molecule has 110 valence electrons. The molecule has 2 heterocycles. The molecule has 0 fully saturated rings. The number of nitrogens with zero attached hydrogens (tertiary/aromatic N) is 6. The van der Waals surface area contributed by atoms with E-state index in [1.807, 2.05) is 16.8 Å². The first-order valence-corrected chi connectivity index (χ1v) is 7.76. The Kier molecular flexibility index (Phi) is 4.16. The number of fused-ring (bicyclic) bond motifs is 1. The molecule has 7 nitrogen and oxygen atoms in total. The van der Waals surface area contributed by atoms with Gasteiger partial charge in [-0.05, 0) is 23.4 Å². The van der Waals surface area contributed by atoms with Crippen molar-refractivity contribution in [2.45, 2.75) is 30.9 Å². The quantitative estimate of drug-likeness (QED) is 0.692. The van der Waals surface area contributed by atoms with Gasteiger partial charge < -0.3 is 5.11 Å². The van der Waals surface area contributed by atoms with Crippen LogP contribution in [0.15, 0.2) is 29.4 Å². The fraction of sp³-hybridized carbons (Fsp3) is 0.385. The van der Waals surface area contributed by atoms with Gasteiger partial charge in [-0.1, -0.05) is 30.0 Å². The van der Waals surface area contributed by atoms with Crippen LogP contribution in [0.4, 0.5) is 0 Å². The zero-order valence-corrected chi connectivity index (χ0v) is 12.5. The van der Waals surface area contributed by atoms with E-state index in [0.29, 0.717) is 17.5 Å². The van der Waals surface area contributed by atoms with E-state index < -0.39 is 0 Å². The minimum absolute atomic E-state index is 0.0198. The monoisotopic (exact) mass is 304 g/mol. The lowest BCUT2D eigenvalue weighted by Crippen LogP contribution is -2.05. The first-order valence-electron chi connectivity index (χ1n) is 6.77.